The van der Waals surface area contributed by atoms with Gasteiger partial charge in [-0.15, -0.1) is 0 Å². The summed E-state index contributed by atoms with van der Waals surface area (Å²) in [6, 6.07) is 22.8. The highest BCUT2D eigenvalue weighted by atomic mass is 16.7. The first-order valence-corrected chi connectivity index (χ1v) is 15.9. The van der Waals surface area contributed by atoms with Crippen LogP contribution in [0.15, 0.2) is 83.4 Å². The molecule has 0 spiro atoms. The monoisotopic (exact) mass is 593 g/mol. The predicted octanol–water partition coefficient (Wildman–Crippen LogP) is 5.51. The van der Waals surface area contributed by atoms with E-state index in [1.54, 1.807) is 0 Å². The van der Waals surface area contributed by atoms with Crippen molar-refractivity contribution in [3.05, 3.63) is 106 Å². The van der Waals surface area contributed by atoms with E-state index in [9.17, 15) is 14.7 Å². The molecule has 1 saturated heterocycles. The highest BCUT2D eigenvalue weighted by Crippen LogP contribution is 2.46. The number of fused-ring (bicyclic) bond motifs is 4. The highest BCUT2D eigenvalue weighted by Gasteiger charge is 2.41. The van der Waals surface area contributed by atoms with Crippen LogP contribution in [0.2, 0.25) is 0 Å². The number of ether oxygens (including phenoxy) is 2. The molecule has 2 N–H and O–H groups in total. The molecule has 0 saturated carbocycles. The zero-order valence-corrected chi connectivity index (χ0v) is 25.1. The lowest BCUT2D eigenvalue weighted by Gasteiger charge is -2.39. The Hall–Kier alpha value is -4.14. The number of hydrogen-bond acceptors (Lipinski definition) is 5. The van der Waals surface area contributed by atoms with E-state index in [0.717, 1.165) is 17.5 Å². The first kappa shape index (κ1) is 28.6. The van der Waals surface area contributed by atoms with Gasteiger partial charge >= 0.3 is 5.69 Å². The number of hydrogen-bond donors (Lipinski definition) is 2. The molecule has 8 heteroatoms. The van der Waals surface area contributed by atoms with Gasteiger partial charge in [-0.25, -0.2) is 4.79 Å². The lowest BCUT2D eigenvalue weighted by molar-refractivity contribution is -0.170. The number of nitrogens with one attached hydrogen (secondary N) is 1. The van der Waals surface area contributed by atoms with E-state index in [-0.39, 0.29) is 36.1 Å². The maximum absolute atomic E-state index is 14.0. The second-order valence-corrected chi connectivity index (χ2v) is 12.1. The average molecular weight is 594 g/mol. The number of piperidine rings is 1. The summed E-state index contributed by atoms with van der Waals surface area (Å²) < 4.78 is 14.4. The van der Waals surface area contributed by atoms with Gasteiger partial charge in [-0.3, -0.25) is 9.36 Å². The predicted molar refractivity (Wildman–Crippen MR) is 169 cm³/mol. The summed E-state index contributed by atoms with van der Waals surface area (Å²) in [6.07, 6.45) is 4.97. The van der Waals surface area contributed by atoms with Gasteiger partial charge in [-0.1, -0.05) is 54.6 Å². The number of likely N-dealkylation sites (tertiary alicyclic amines) is 1. The van der Waals surface area contributed by atoms with Crippen molar-refractivity contribution in [2.24, 2.45) is 5.92 Å². The van der Waals surface area contributed by atoms with Gasteiger partial charge in [0.1, 0.15) is 0 Å². The molecule has 1 fully saturated rings. The lowest BCUT2D eigenvalue weighted by Crippen LogP contribution is -2.44. The molecule has 7 rings (SSSR count). The summed E-state index contributed by atoms with van der Waals surface area (Å²) in [7, 11) is 0. The summed E-state index contributed by atoms with van der Waals surface area (Å²) in [4.78, 5) is 31.6. The van der Waals surface area contributed by atoms with E-state index in [0.29, 0.717) is 51.1 Å². The Labute approximate surface area is 256 Å². The van der Waals surface area contributed by atoms with E-state index in [1.807, 2.05) is 46.7 Å². The first-order valence-electron chi connectivity index (χ1n) is 15.9. The van der Waals surface area contributed by atoms with Crippen LogP contribution in [0.1, 0.15) is 61.3 Å². The summed E-state index contributed by atoms with van der Waals surface area (Å²) in [5, 5.41) is 9.74. The van der Waals surface area contributed by atoms with Gasteiger partial charge < -0.3 is 24.5 Å². The number of aromatic nitrogens is 2. The lowest BCUT2D eigenvalue weighted by atomic mass is 9.78. The standard InChI is InChI=1S/C36H39N3O5/c1-2-43-35-28(13-8-20-40)30(27-12-7-11-26-25-10-4-3-9-23(25)21-29(26)27)22-33(44-35)34(41)38-18-16-24(17-19-38)39-32-15-6-5-14-31(32)37-36(39)42/h3-7,9-12,14-15,22,24,28,30,35,40H,2,8,13,16-21H2,1H3,(H,37,42). The molecule has 4 aromatic rings. The molecule has 228 valence electrons. The van der Waals surface area contributed by atoms with Crippen LogP contribution in [0.3, 0.4) is 0 Å². The van der Waals surface area contributed by atoms with Crippen LogP contribution in [0, 0.1) is 5.92 Å². The van der Waals surface area contributed by atoms with Gasteiger partial charge in [0.2, 0.25) is 6.29 Å². The zero-order valence-electron chi connectivity index (χ0n) is 25.1. The van der Waals surface area contributed by atoms with Crippen LogP contribution < -0.4 is 5.69 Å². The Bertz CT molecular complexity index is 1760. The number of carbonyl (C=O) groups is 1. The minimum Gasteiger partial charge on any atom is -0.459 e. The molecule has 1 aromatic heterocycles. The number of para-hydroxylation sites is 2. The third-order valence-corrected chi connectivity index (χ3v) is 9.61. The normalized spacial score (nSPS) is 21.5. The van der Waals surface area contributed by atoms with Crippen molar-refractivity contribution in [1.82, 2.24) is 14.5 Å². The van der Waals surface area contributed by atoms with Crippen molar-refractivity contribution >= 4 is 16.9 Å². The summed E-state index contributed by atoms with van der Waals surface area (Å²) in [5.74, 6) is 0.0381. The molecule has 3 heterocycles. The largest absolute Gasteiger partial charge is 0.459 e. The van der Waals surface area contributed by atoms with Crippen molar-refractivity contribution in [3.63, 3.8) is 0 Å². The van der Waals surface area contributed by atoms with Crippen LogP contribution in [0.5, 0.6) is 0 Å². The minimum atomic E-state index is -0.595. The van der Waals surface area contributed by atoms with E-state index in [4.69, 9.17) is 9.47 Å². The van der Waals surface area contributed by atoms with Crippen LogP contribution in [-0.4, -0.2) is 58.1 Å². The number of carbonyl (C=O) groups excluding carboxylic acids is 1. The molecule has 0 bridgehead atoms. The van der Waals surface area contributed by atoms with Gasteiger partial charge in [0.15, 0.2) is 5.76 Å². The van der Waals surface area contributed by atoms with Crippen LogP contribution in [0.25, 0.3) is 22.2 Å². The molecule has 1 aliphatic carbocycles. The van der Waals surface area contributed by atoms with Gasteiger partial charge in [-0.2, -0.15) is 0 Å². The smallest absolute Gasteiger partial charge is 0.326 e. The number of benzene rings is 3. The molecule has 3 aromatic carbocycles. The number of aliphatic hydroxyl groups excluding tert-OH is 1. The highest BCUT2D eigenvalue weighted by molar-refractivity contribution is 5.92. The molecule has 44 heavy (non-hydrogen) atoms. The van der Waals surface area contributed by atoms with Crippen molar-refractivity contribution in [2.45, 2.75) is 57.3 Å². The second-order valence-electron chi connectivity index (χ2n) is 12.1. The fourth-order valence-electron chi connectivity index (χ4n) is 7.53. The van der Waals surface area contributed by atoms with E-state index >= 15 is 0 Å². The van der Waals surface area contributed by atoms with Gasteiger partial charge in [0.05, 0.1) is 11.0 Å². The van der Waals surface area contributed by atoms with Crippen molar-refractivity contribution in [1.29, 1.82) is 0 Å². The molecule has 3 aliphatic rings. The number of imidazole rings is 1. The molecule has 1 amide bonds. The van der Waals surface area contributed by atoms with Crippen LogP contribution >= 0.6 is 0 Å². The number of amides is 1. The Morgan fingerprint density at radius 2 is 1.80 bits per heavy atom. The van der Waals surface area contributed by atoms with E-state index in [1.165, 1.54) is 27.8 Å². The number of H-pyrrole nitrogens is 1. The average Bonchev–Trinajstić information content (AvgIpc) is 3.60. The van der Waals surface area contributed by atoms with Crippen LogP contribution in [-0.2, 0) is 20.7 Å². The first-order chi connectivity index (χ1) is 21.6. The third-order valence-electron chi connectivity index (χ3n) is 9.61. The number of allylic oxidation sites excluding steroid dienone is 1. The van der Waals surface area contributed by atoms with Gasteiger partial charge in [-0.05, 0) is 85.1 Å². The van der Waals surface area contributed by atoms with Gasteiger partial charge in [0, 0.05) is 44.2 Å². The minimum absolute atomic E-state index is 0.0178. The Morgan fingerprint density at radius 3 is 2.61 bits per heavy atom. The zero-order chi connectivity index (χ0) is 30.2. The molecular weight excluding hydrogens is 554 g/mol. The summed E-state index contributed by atoms with van der Waals surface area (Å²) in [5.41, 5.74) is 7.92. The Balaban J connectivity index is 1.18. The van der Waals surface area contributed by atoms with Crippen molar-refractivity contribution in [3.8, 4) is 11.1 Å². The second kappa shape index (κ2) is 12.1. The van der Waals surface area contributed by atoms with E-state index < -0.39 is 6.29 Å². The topological polar surface area (TPSA) is 96.8 Å². The van der Waals surface area contributed by atoms with Crippen LogP contribution in [0.4, 0.5) is 0 Å². The maximum atomic E-state index is 14.0. The number of nitrogens with zero attached hydrogens (tertiary/aromatic N) is 2. The number of aliphatic hydroxyl groups is 1. The van der Waals surface area contributed by atoms with E-state index in [2.05, 4.69) is 47.4 Å². The Kier molecular flexibility index (Phi) is 7.87. The third kappa shape index (κ3) is 5.06. The Morgan fingerprint density at radius 1 is 1.02 bits per heavy atom. The molecular formula is C36H39N3O5. The number of rotatable bonds is 8. The SMILES string of the molecule is CCOC1OC(C(=O)N2CCC(n3c(=O)[nH]c4ccccc43)CC2)=CC(c2cccc3c2Cc2ccccc2-3)C1CCCO. The fraction of sp³-hybridized carbons (Fsp3) is 0.389. The van der Waals surface area contributed by atoms with Gasteiger partial charge in [0.25, 0.3) is 5.91 Å². The van der Waals surface area contributed by atoms with Crippen molar-refractivity contribution < 1.29 is 19.4 Å². The number of aromatic amines is 1. The molecule has 0 radical (unpaired) electrons. The molecule has 2 aliphatic heterocycles. The molecule has 8 nitrogen and oxygen atoms in total. The maximum Gasteiger partial charge on any atom is 0.326 e. The summed E-state index contributed by atoms with van der Waals surface area (Å²) >= 11 is 0. The molecule has 3 unspecified atom stereocenters. The molecule has 3 atom stereocenters. The fourth-order valence-corrected chi connectivity index (χ4v) is 7.53. The quantitative estimate of drug-likeness (QED) is 0.247. The summed E-state index contributed by atoms with van der Waals surface area (Å²) in [6.45, 7) is 3.55. The van der Waals surface area contributed by atoms with Crippen molar-refractivity contribution in [2.75, 3.05) is 26.3 Å².